The van der Waals surface area contributed by atoms with Gasteiger partial charge in [-0.3, -0.25) is 4.79 Å². The van der Waals surface area contributed by atoms with Crippen molar-refractivity contribution in [2.75, 3.05) is 5.32 Å². The summed E-state index contributed by atoms with van der Waals surface area (Å²) in [6, 6.07) is 12.9. The highest BCUT2D eigenvalue weighted by molar-refractivity contribution is 5.93. The standard InChI is InChI=1S/C16H17NO2/c1-11-8-14(18)9-12(2)16(11)17-15(19)10-13-6-4-3-5-7-13/h3-9,18H,10H2,1-2H3,(H,17,19). The average Bonchev–Trinajstić information content (AvgIpc) is 2.35. The Bertz CT molecular complexity index is 568. The Balaban J connectivity index is 2.12. The number of phenols is 1. The van der Waals surface area contributed by atoms with E-state index in [1.165, 1.54) is 0 Å². The largest absolute Gasteiger partial charge is 0.508 e. The summed E-state index contributed by atoms with van der Waals surface area (Å²) in [5, 5.41) is 12.4. The molecule has 0 aliphatic carbocycles. The first-order valence-corrected chi connectivity index (χ1v) is 6.20. The third-order valence-electron chi connectivity index (χ3n) is 2.99. The highest BCUT2D eigenvalue weighted by Gasteiger charge is 2.09. The second-order valence-corrected chi connectivity index (χ2v) is 4.67. The predicted octanol–water partition coefficient (Wildman–Crippen LogP) is 3.19. The monoisotopic (exact) mass is 255 g/mol. The fourth-order valence-electron chi connectivity index (χ4n) is 2.10. The number of aromatic hydroxyl groups is 1. The van der Waals surface area contributed by atoms with Gasteiger partial charge in [-0.25, -0.2) is 0 Å². The lowest BCUT2D eigenvalue weighted by Crippen LogP contribution is -2.16. The number of carbonyl (C=O) groups is 1. The summed E-state index contributed by atoms with van der Waals surface area (Å²) >= 11 is 0. The zero-order valence-electron chi connectivity index (χ0n) is 11.1. The number of aryl methyl sites for hydroxylation is 2. The minimum absolute atomic E-state index is 0.0527. The molecule has 0 fully saturated rings. The summed E-state index contributed by atoms with van der Waals surface area (Å²) in [5.41, 5.74) is 3.48. The van der Waals surface area contributed by atoms with Crippen LogP contribution < -0.4 is 5.32 Å². The Kier molecular flexibility index (Phi) is 3.85. The van der Waals surface area contributed by atoms with Gasteiger partial charge >= 0.3 is 0 Å². The molecular weight excluding hydrogens is 238 g/mol. The molecule has 0 aliphatic heterocycles. The topological polar surface area (TPSA) is 49.3 Å². The first kappa shape index (κ1) is 13.1. The van der Waals surface area contributed by atoms with Gasteiger partial charge in [0.15, 0.2) is 0 Å². The molecule has 0 saturated carbocycles. The maximum atomic E-state index is 12.0. The molecule has 0 heterocycles. The molecule has 3 nitrogen and oxygen atoms in total. The van der Waals surface area contributed by atoms with Crippen molar-refractivity contribution in [3.8, 4) is 5.75 Å². The van der Waals surface area contributed by atoms with Gasteiger partial charge in [0.1, 0.15) is 5.75 Å². The van der Waals surface area contributed by atoms with Crippen LogP contribution in [0.15, 0.2) is 42.5 Å². The van der Waals surface area contributed by atoms with Crippen LogP contribution in [-0.2, 0) is 11.2 Å². The Labute approximate surface area is 112 Å². The van der Waals surface area contributed by atoms with E-state index in [0.717, 1.165) is 22.4 Å². The van der Waals surface area contributed by atoms with Crippen molar-refractivity contribution in [1.29, 1.82) is 0 Å². The lowest BCUT2D eigenvalue weighted by atomic mass is 10.1. The lowest BCUT2D eigenvalue weighted by molar-refractivity contribution is -0.115. The van der Waals surface area contributed by atoms with E-state index in [-0.39, 0.29) is 11.7 Å². The number of carbonyl (C=O) groups excluding carboxylic acids is 1. The number of hydrogen-bond donors (Lipinski definition) is 2. The van der Waals surface area contributed by atoms with Crippen LogP contribution in [0.1, 0.15) is 16.7 Å². The van der Waals surface area contributed by atoms with E-state index >= 15 is 0 Å². The molecule has 2 aromatic rings. The molecule has 2 rings (SSSR count). The van der Waals surface area contributed by atoms with Gasteiger partial charge in [-0.2, -0.15) is 0 Å². The van der Waals surface area contributed by atoms with Gasteiger partial charge in [-0.1, -0.05) is 30.3 Å². The SMILES string of the molecule is Cc1cc(O)cc(C)c1NC(=O)Cc1ccccc1. The van der Waals surface area contributed by atoms with Crippen molar-refractivity contribution in [2.24, 2.45) is 0 Å². The smallest absolute Gasteiger partial charge is 0.228 e. The molecule has 0 radical (unpaired) electrons. The number of amides is 1. The summed E-state index contributed by atoms with van der Waals surface area (Å²) in [6.45, 7) is 3.73. The third kappa shape index (κ3) is 3.35. The van der Waals surface area contributed by atoms with Crippen molar-refractivity contribution >= 4 is 11.6 Å². The van der Waals surface area contributed by atoms with Crippen molar-refractivity contribution in [3.63, 3.8) is 0 Å². The number of nitrogens with one attached hydrogen (secondary N) is 1. The van der Waals surface area contributed by atoms with Crippen LogP contribution >= 0.6 is 0 Å². The molecule has 0 aromatic heterocycles. The van der Waals surface area contributed by atoms with E-state index in [0.29, 0.717) is 6.42 Å². The van der Waals surface area contributed by atoms with Gasteiger partial charge in [0.2, 0.25) is 5.91 Å². The van der Waals surface area contributed by atoms with Gasteiger partial charge in [0.05, 0.1) is 6.42 Å². The fraction of sp³-hybridized carbons (Fsp3) is 0.188. The molecule has 0 aliphatic rings. The van der Waals surface area contributed by atoms with Gasteiger partial charge in [-0.15, -0.1) is 0 Å². The first-order valence-electron chi connectivity index (χ1n) is 6.20. The van der Waals surface area contributed by atoms with Crippen molar-refractivity contribution in [3.05, 3.63) is 59.2 Å². The number of phenolic OH excluding ortho intramolecular Hbond substituents is 1. The molecule has 0 bridgehead atoms. The first-order chi connectivity index (χ1) is 9.06. The van der Waals surface area contributed by atoms with Crippen LogP contribution in [0, 0.1) is 13.8 Å². The van der Waals surface area contributed by atoms with E-state index in [9.17, 15) is 9.90 Å². The molecule has 0 saturated heterocycles. The molecule has 19 heavy (non-hydrogen) atoms. The minimum Gasteiger partial charge on any atom is -0.508 e. The summed E-state index contributed by atoms with van der Waals surface area (Å²) in [6.07, 6.45) is 0.348. The van der Waals surface area contributed by atoms with Crippen LogP contribution in [0.5, 0.6) is 5.75 Å². The summed E-state index contributed by atoms with van der Waals surface area (Å²) < 4.78 is 0. The fourth-order valence-corrected chi connectivity index (χ4v) is 2.10. The van der Waals surface area contributed by atoms with Crippen molar-refractivity contribution in [1.82, 2.24) is 0 Å². The van der Waals surface area contributed by atoms with Crippen LogP contribution in [0.25, 0.3) is 0 Å². The quantitative estimate of drug-likeness (QED) is 0.827. The maximum Gasteiger partial charge on any atom is 0.228 e. The summed E-state index contributed by atoms with van der Waals surface area (Å²) in [7, 11) is 0. The van der Waals surface area contributed by atoms with Gasteiger partial charge < -0.3 is 10.4 Å². The molecule has 0 unspecified atom stereocenters. The highest BCUT2D eigenvalue weighted by Crippen LogP contribution is 2.25. The van der Waals surface area contributed by atoms with E-state index < -0.39 is 0 Å². The molecule has 2 N–H and O–H groups in total. The third-order valence-corrected chi connectivity index (χ3v) is 2.99. The van der Waals surface area contributed by atoms with Gasteiger partial charge in [-0.05, 0) is 42.7 Å². The Morgan fingerprint density at radius 1 is 1.11 bits per heavy atom. The molecule has 1 amide bonds. The molecular formula is C16H17NO2. The zero-order chi connectivity index (χ0) is 13.8. The number of anilines is 1. The maximum absolute atomic E-state index is 12.0. The Morgan fingerprint density at radius 3 is 2.26 bits per heavy atom. The van der Waals surface area contributed by atoms with E-state index in [1.54, 1.807) is 12.1 Å². The Morgan fingerprint density at radius 2 is 1.68 bits per heavy atom. The van der Waals surface area contributed by atoms with Gasteiger partial charge in [0.25, 0.3) is 0 Å². The van der Waals surface area contributed by atoms with E-state index in [2.05, 4.69) is 5.32 Å². The molecule has 3 heteroatoms. The Hall–Kier alpha value is -2.29. The summed E-state index contributed by atoms with van der Waals surface area (Å²) in [4.78, 5) is 12.0. The number of benzene rings is 2. The van der Waals surface area contributed by atoms with Crippen molar-refractivity contribution < 1.29 is 9.90 Å². The molecule has 2 aromatic carbocycles. The number of rotatable bonds is 3. The normalized spacial score (nSPS) is 10.2. The molecule has 0 atom stereocenters. The highest BCUT2D eigenvalue weighted by atomic mass is 16.3. The summed E-state index contributed by atoms with van der Waals surface area (Å²) in [5.74, 6) is 0.166. The van der Waals surface area contributed by atoms with Crippen molar-refractivity contribution in [2.45, 2.75) is 20.3 Å². The average molecular weight is 255 g/mol. The molecule has 98 valence electrons. The lowest BCUT2D eigenvalue weighted by Gasteiger charge is -2.12. The van der Waals surface area contributed by atoms with Crippen LogP contribution in [0.3, 0.4) is 0 Å². The number of hydrogen-bond acceptors (Lipinski definition) is 2. The van der Waals surface area contributed by atoms with E-state index in [4.69, 9.17) is 0 Å². The van der Waals surface area contributed by atoms with Crippen LogP contribution in [0.2, 0.25) is 0 Å². The van der Waals surface area contributed by atoms with Crippen LogP contribution in [0.4, 0.5) is 5.69 Å². The van der Waals surface area contributed by atoms with Gasteiger partial charge in [0, 0.05) is 5.69 Å². The zero-order valence-corrected chi connectivity index (χ0v) is 11.1. The minimum atomic E-state index is -0.0527. The predicted molar refractivity (Wildman–Crippen MR) is 76.4 cm³/mol. The molecule has 0 spiro atoms. The second-order valence-electron chi connectivity index (χ2n) is 4.67. The van der Waals surface area contributed by atoms with E-state index in [1.807, 2.05) is 44.2 Å². The van der Waals surface area contributed by atoms with Crippen LogP contribution in [-0.4, -0.2) is 11.0 Å². The second kappa shape index (κ2) is 5.57.